The molecule has 2 rings (SSSR count). The molecule has 1 atom stereocenters. The summed E-state index contributed by atoms with van der Waals surface area (Å²) in [5, 5.41) is 3.14. The van der Waals surface area contributed by atoms with Crippen LogP contribution in [-0.4, -0.2) is 37.2 Å². The van der Waals surface area contributed by atoms with Crippen molar-refractivity contribution in [2.24, 2.45) is 5.92 Å². The SMILES string of the molecule is Cc1cc(C)nc(S(=O)(=O)C[C@@H]2CCNC2)n1. The molecule has 6 heteroatoms. The average Bonchev–Trinajstić information content (AvgIpc) is 2.68. The van der Waals surface area contributed by atoms with E-state index in [-0.39, 0.29) is 16.8 Å². The van der Waals surface area contributed by atoms with E-state index in [9.17, 15) is 8.42 Å². The topological polar surface area (TPSA) is 72.0 Å². The fraction of sp³-hybridized carbons (Fsp3) is 0.636. The minimum absolute atomic E-state index is 0.0260. The average molecular weight is 255 g/mol. The zero-order chi connectivity index (χ0) is 12.5. The third kappa shape index (κ3) is 3.01. The zero-order valence-corrected chi connectivity index (χ0v) is 10.9. The molecular weight excluding hydrogens is 238 g/mol. The number of rotatable bonds is 3. The molecule has 5 nitrogen and oxygen atoms in total. The van der Waals surface area contributed by atoms with Gasteiger partial charge >= 0.3 is 0 Å². The zero-order valence-electron chi connectivity index (χ0n) is 10.1. The Bertz CT molecular complexity index is 487. The van der Waals surface area contributed by atoms with E-state index in [4.69, 9.17) is 0 Å². The van der Waals surface area contributed by atoms with Gasteiger partial charge in [0.1, 0.15) is 0 Å². The molecule has 0 spiro atoms. The highest BCUT2D eigenvalue weighted by Crippen LogP contribution is 2.15. The first-order valence-electron chi connectivity index (χ1n) is 5.73. The number of nitrogens with zero attached hydrogens (tertiary/aromatic N) is 2. The van der Waals surface area contributed by atoms with Crippen molar-refractivity contribution in [2.75, 3.05) is 18.8 Å². The summed E-state index contributed by atoms with van der Waals surface area (Å²) >= 11 is 0. The molecule has 0 aromatic carbocycles. The molecule has 17 heavy (non-hydrogen) atoms. The predicted octanol–water partition coefficient (Wildman–Crippen LogP) is 0.477. The van der Waals surface area contributed by atoms with E-state index in [1.165, 1.54) is 0 Å². The van der Waals surface area contributed by atoms with Gasteiger partial charge in [-0.05, 0) is 45.3 Å². The van der Waals surface area contributed by atoms with Crippen molar-refractivity contribution in [3.63, 3.8) is 0 Å². The van der Waals surface area contributed by atoms with E-state index in [1.807, 2.05) is 0 Å². The Hall–Kier alpha value is -1.01. The maximum absolute atomic E-state index is 12.1. The van der Waals surface area contributed by atoms with Crippen molar-refractivity contribution in [2.45, 2.75) is 25.4 Å². The summed E-state index contributed by atoms with van der Waals surface area (Å²) in [5.74, 6) is 0.326. The van der Waals surface area contributed by atoms with E-state index in [0.717, 1.165) is 19.5 Å². The second-order valence-corrected chi connectivity index (χ2v) is 6.50. The molecule has 1 N–H and O–H groups in total. The van der Waals surface area contributed by atoms with Gasteiger partial charge in [-0.15, -0.1) is 0 Å². The monoisotopic (exact) mass is 255 g/mol. The van der Waals surface area contributed by atoms with Crippen molar-refractivity contribution in [3.8, 4) is 0 Å². The van der Waals surface area contributed by atoms with Gasteiger partial charge in [0, 0.05) is 11.4 Å². The maximum atomic E-state index is 12.1. The molecule has 0 aliphatic carbocycles. The number of hydrogen-bond donors (Lipinski definition) is 1. The number of aromatic nitrogens is 2. The Morgan fingerprint density at radius 2 is 2.00 bits per heavy atom. The number of hydrogen-bond acceptors (Lipinski definition) is 5. The van der Waals surface area contributed by atoms with E-state index in [2.05, 4.69) is 15.3 Å². The van der Waals surface area contributed by atoms with Crippen LogP contribution in [0.2, 0.25) is 0 Å². The molecule has 2 heterocycles. The van der Waals surface area contributed by atoms with Gasteiger partial charge in [-0.3, -0.25) is 0 Å². The van der Waals surface area contributed by atoms with E-state index < -0.39 is 9.84 Å². The summed E-state index contributed by atoms with van der Waals surface area (Å²) in [6.45, 7) is 5.23. The Morgan fingerprint density at radius 1 is 1.35 bits per heavy atom. The van der Waals surface area contributed by atoms with Crippen LogP contribution in [0.25, 0.3) is 0 Å². The lowest BCUT2D eigenvalue weighted by Gasteiger charge is -2.09. The molecule has 0 amide bonds. The lowest BCUT2D eigenvalue weighted by Crippen LogP contribution is -2.21. The Balaban J connectivity index is 2.24. The first-order chi connectivity index (χ1) is 7.97. The fourth-order valence-corrected chi connectivity index (χ4v) is 3.69. The highest BCUT2D eigenvalue weighted by atomic mass is 32.2. The van der Waals surface area contributed by atoms with Gasteiger partial charge in [0.15, 0.2) is 0 Å². The van der Waals surface area contributed by atoms with Crippen LogP contribution in [0, 0.1) is 19.8 Å². The lowest BCUT2D eigenvalue weighted by molar-refractivity contribution is 0.561. The highest BCUT2D eigenvalue weighted by molar-refractivity contribution is 7.91. The standard InChI is InChI=1S/C11H17N3O2S/c1-8-5-9(2)14-11(13-8)17(15,16)7-10-3-4-12-6-10/h5,10,12H,3-4,6-7H2,1-2H3/t10-/m1/s1. The number of aryl methyl sites for hydroxylation is 2. The fourth-order valence-electron chi connectivity index (χ4n) is 2.07. The van der Waals surface area contributed by atoms with Crippen molar-refractivity contribution in [3.05, 3.63) is 17.5 Å². The Morgan fingerprint density at radius 3 is 2.53 bits per heavy atom. The number of nitrogens with one attached hydrogen (secondary N) is 1. The Labute approximate surface area is 102 Å². The second kappa shape index (κ2) is 4.70. The van der Waals surface area contributed by atoms with Gasteiger partial charge in [0.2, 0.25) is 15.0 Å². The summed E-state index contributed by atoms with van der Waals surface area (Å²) < 4.78 is 24.3. The lowest BCUT2D eigenvalue weighted by atomic mass is 10.2. The summed E-state index contributed by atoms with van der Waals surface area (Å²) in [6.07, 6.45) is 0.907. The summed E-state index contributed by atoms with van der Waals surface area (Å²) in [7, 11) is -3.35. The van der Waals surface area contributed by atoms with Crippen LogP contribution in [-0.2, 0) is 9.84 Å². The van der Waals surface area contributed by atoms with Crippen molar-refractivity contribution < 1.29 is 8.42 Å². The molecule has 0 bridgehead atoms. The summed E-state index contributed by atoms with van der Waals surface area (Å²) in [4.78, 5) is 8.06. The molecule has 1 aromatic heterocycles. The van der Waals surface area contributed by atoms with Crippen LogP contribution in [0.4, 0.5) is 0 Å². The van der Waals surface area contributed by atoms with Crippen LogP contribution >= 0.6 is 0 Å². The van der Waals surface area contributed by atoms with Crippen LogP contribution in [0.15, 0.2) is 11.2 Å². The van der Waals surface area contributed by atoms with Crippen LogP contribution in [0.3, 0.4) is 0 Å². The first-order valence-corrected chi connectivity index (χ1v) is 7.38. The molecule has 1 saturated heterocycles. The van der Waals surface area contributed by atoms with E-state index in [1.54, 1.807) is 19.9 Å². The third-order valence-corrected chi connectivity index (χ3v) is 4.51. The molecule has 1 aromatic rings. The Kier molecular flexibility index (Phi) is 3.44. The van der Waals surface area contributed by atoms with Crippen LogP contribution in [0.1, 0.15) is 17.8 Å². The molecule has 94 valence electrons. The molecule has 1 fully saturated rings. The van der Waals surface area contributed by atoms with E-state index in [0.29, 0.717) is 11.4 Å². The van der Waals surface area contributed by atoms with Gasteiger partial charge in [-0.2, -0.15) is 0 Å². The van der Waals surface area contributed by atoms with Crippen molar-refractivity contribution >= 4 is 9.84 Å². The third-order valence-electron chi connectivity index (χ3n) is 2.86. The first kappa shape index (κ1) is 12.4. The van der Waals surface area contributed by atoms with Crippen LogP contribution in [0.5, 0.6) is 0 Å². The predicted molar refractivity (Wildman–Crippen MR) is 64.5 cm³/mol. The van der Waals surface area contributed by atoms with Gasteiger partial charge in [0.05, 0.1) is 5.75 Å². The highest BCUT2D eigenvalue weighted by Gasteiger charge is 2.26. The second-order valence-electron chi connectivity index (χ2n) is 4.57. The summed E-state index contributed by atoms with van der Waals surface area (Å²) in [6, 6.07) is 1.77. The molecule has 0 saturated carbocycles. The maximum Gasteiger partial charge on any atom is 0.247 e. The molecule has 0 radical (unpaired) electrons. The van der Waals surface area contributed by atoms with Gasteiger partial charge in [-0.25, -0.2) is 18.4 Å². The smallest absolute Gasteiger partial charge is 0.247 e. The van der Waals surface area contributed by atoms with Gasteiger partial charge < -0.3 is 5.32 Å². The largest absolute Gasteiger partial charge is 0.316 e. The minimum Gasteiger partial charge on any atom is -0.316 e. The molecule has 1 aliphatic heterocycles. The van der Waals surface area contributed by atoms with Crippen molar-refractivity contribution in [1.82, 2.24) is 15.3 Å². The van der Waals surface area contributed by atoms with Gasteiger partial charge in [0.25, 0.3) is 0 Å². The molecule has 1 aliphatic rings. The van der Waals surface area contributed by atoms with Crippen LogP contribution < -0.4 is 5.32 Å². The van der Waals surface area contributed by atoms with Gasteiger partial charge in [-0.1, -0.05) is 0 Å². The quantitative estimate of drug-likeness (QED) is 0.795. The minimum atomic E-state index is -3.35. The molecular formula is C11H17N3O2S. The molecule has 0 unspecified atom stereocenters. The normalized spacial score (nSPS) is 20.7. The van der Waals surface area contributed by atoms with E-state index >= 15 is 0 Å². The van der Waals surface area contributed by atoms with Crippen molar-refractivity contribution in [1.29, 1.82) is 0 Å². The number of sulfone groups is 1. The summed E-state index contributed by atoms with van der Waals surface area (Å²) in [5.41, 5.74) is 1.39.